The summed E-state index contributed by atoms with van der Waals surface area (Å²) in [6, 6.07) is -0.509. The van der Waals surface area contributed by atoms with Gasteiger partial charge in [-0.1, -0.05) is 0 Å². The molecule has 0 amide bonds. The number of hydrogen-bond acceptors (Lipinski definition) is 5. The lowest BCUT2D eigenvalue weighted by molar-refractivity contribution is -0.167. The van der Waals surface area contributed by atoms with Crippen LogP contribution < -0.4 is 5.73 Å². The number of ether oxygens (including phenoxy) is 3. The highest BCUT2D eigenvalue weighted by molar-refractivity contribution is 5.70. The van der Waals surface area contributed by atoms with Crippen molar-refractivity contribution in [3.63, 3.8) is 0 Å². The Morgan fingerprint density at radius 2 is 1.65 bits per heavy atom. The molecule has 5 heteroatoms. The van der Waals surface area contributed by atoms with E-state index in [0.29, 0.717) is 13.2 Å². The van der Waals surface area contributed by atoms with Gasteiger partial charge in [0.05, 0.1) is 12.5 Å². The van der Waals surface area contributed by atoms with E-state index in [1.165, 1.54) is 0 Å². The first kappa shape index (κ1) is 16.4. The van der Waals surface area contributed by atoms with Crippen molar-refractivity contribution >= 4 is 5.97 Å². The Labute approximate surface area is 104 Å². The molecule has 0 aliphatic carbocycles. The first-order valence-corrected chi connectivity index (χ1v) is 6.00. The third-order valence-electron chi connectivity index (χ3n) is 1.83. The third-order valence-corrected chi connectivity index (χ3v) is 1.83. The molecule has 0 spiro atoms. The molecule has 0 aliphatic rings. The highest BCUT2D eigenvalue weighted by Gasteiger charge is 2.24. The van der Waals surface area contributed by atoms with Gasteiger partial charge in [-0.3, -0.25) is 4.79 Å². The molecule has 0 aliphatic heterocycles. The molecule has 1 atom stereocenters. The van der Waals surface area contributed by atoms with E-state index in [1.54, 1.807) is 0 Å². The van der Waals surface area contributed by atoms with Crippen LogP contribution in [0.5, 0.6) is 0 Å². The van der Waals surface area contributed by atoms with Crippen LogP contribution in [0.2, 0.25) is 0 Å². The summed E-state index contributed by atoms with van der Waals surface area (Å²) in [4.78, 5) is 11.6. The van der Waals surface area contributed by atoms with E-state index >= 15 is 0 Å². The molecule has 0 heterocycles. The molecule has 2 N–H and O–H groups in total. The van der Waals surface area contributed by atoms with Gasteiger partial charge in [-0.05, 0) is 34.6 Å². The van der Waals surface area contributed by atoms with E-state index < -0.39 is 17.9 Å². The van der Waals surface area contributed by atoms with Gasteiger partial charge in [0.25, 0.3) is 0 Å². The standard InChI is InChI=1S/C12H25NO4/c1-6-15-11(16-7-2)9(13)8-10(14)17-12(3,4)5/h9,11H,6-8,13H2,1-5H3/t9-/m0/s1. The summed E-state index contributed by atoms with van der Waals surface area (Å²) in [5, 5.41) is 0. The molecular weight excluding hydrogens is 222 g/mol. The molecule has 0 rings (SSSR count). The average Bonchev–Trinajstić information content (AvgIpc) is 2.14. The highest BCUT2D eigenvalue weighted by Crippen LogP contribution is 2.11. The van der Waals surface area contributed by atoms with Crippen LogP contribution in [0.1, 0.15) is 41.0 Å². The molecule has 0 aromatic carbocycles. The van der Waals surface area contributed by atoms with Gasteiger partial charge < -0.3 is 19.9 Å². The Bertz CT molecular complexity index is 219. The van der Waals surface area contributed by atoms with Crippen molar-refractivity contribution in [3.05, 3.63) is 0 Å². The van der Waals surface area contributed by atoms with Crippen molar-refractivity contribution in [1.29, 1.82) is 0 Å². The third kappa shape index (κ3) is 8.12. The number of hydrogen-bond donors (Lipinski definition) is 1. The van der Waals surface area contributed by atoms with Crippen LogP contribution >= 0.6 is 0 Å². The van der Waals surface area contributed by atoms with Crippen LogP contribution in [0.3, 0.4) is 0 Å². The van der Waals surface area contributed by atoms with Gasteiger partial charge >= 0.3 is 5.97 Å². The van der Waals surface area contributed by atoms with E-state index in [4.69, 9.17) is 19.9 Å². The lowest BCUT2D eigenvalue weighted by atomic mass is 10.1. The van der Waals surface area contributed by atoms with Crippen molar-refractivity contribution in [2.24, 2.45) is 5.73 Å². The van der Waals surface area contributed by atoms with E-state index in [2.05, 4.69) is 0 Å². The number of nitrogens with two attached hydrogens (primary N) is 1. The van der Waals surface area contributed by atoms with Crippen molar-refractivity contribution in [3.8, 4) is 0 Å². The second-order valence-corrected chi connectivity index (χ2v) is 4.73. The second kappa shape index (κ2) is 7.63. The molecule has 0 bridgehead atoms. The maximum atomic E-state index is 11.6. The summed E-state index contributed by atoms with van der Waals surface area (Å²) in [5.74, 6) is -0.339. The summed E-state index contributed by atoms with van der Waals surface area (Å²) in [5.41, 5.74) is 5.36. The van der Waals surface area contributed by atoms with Gasteiger partial charge in [-0.2, -0.15) is 0 Å². The van der Waals surface area contributed by atoms with Crippen LogP contribution in [0, 0.1) is 0 Å². The molecule has 5 nitrogen and oxygen atoms in total. The molecule has 0 aromatic heterocycles. The second-order valence-electron chi connectivity index (χ2n) is 4.73. The highest BCUT2D eigenvalue weighted by atomic mass is 16.7. The SMILES string of the molecule is CCOC(OCC)[C@@H](N)CC(=O)OC(C)(C)C. The zero-order chi connectivity index (χ0) is 13.5. The Hall–Kier alpha value is -0.650. The molecule has 17 heavy (non-hydrogen) atoms. The lowest BCUT2D eigenvalue weighted by Crippen LogP contribution is -2.41. The van der Waals surface area contributed by atoms with Crippen LogP contribution in [-0.2, 0) is 19.0 Å². The van der Waals surface area contributed by atoms with Crippen molar-refractivity contribution in [2.75, 3.05) is 13.2 Å². The molecule has 0 unspecified atom stereocenters. The maximum Gasteiger partial charge on any atom is 0.308 e. The monoisotopic (exact) mass is 247 g/mol. The fraction of sp³-hybridized carbons (Fsp3) is 0.917. The average molecular weight is 247 g/mol. The normalized spacial score (nSPS) is 13.8. The first-order valence-electron chi connectivity index (χ1n) is 6.00. The summed E-state index contributed by atoms with van der Waals surface area (Å²) >= 11 is 0. The smallest absolute Gasteiger partial charge is 0.308 e. The maximum absolute atomic E-state index is 11.6. The minimum atomic E-state index is -0.558. The number of carbonyl (C=O) groups is 1. The van der Waals surface area contributed by atoms with E-state index in [0.717, 1.165) is 0 Å². The Balaban J connectivity index is 4.19. The van der Waals surface area contributed by atoms with E-state index in [-0.39, 0.29) is 12.4 Å². The van der Waals surface area contributed by atoms with Gasteiger partial charge in [0.15, 0.2) is 6.29 Å². The molecular formula is C12H25NO4. The van der Waals surface area contributed by atoms with Gasteiger partial charge in [0, 0.05) is 13.2 Å². The number of carbonyl (C=O) groups excluding carboxylic acids is 1. The molecule has 0 fully saturated rings. The molecule has 0 saturated carbocycles. The molecule has 0 radical (unpaired) electrons. The fourth-order valence-corrected chi connectivity index (χ4v) is 1.30. The van der Waals surface area contributed by atoms with E-state index in [9.17, 15) is 4.79 Å². The van der Waals surface area contributed by atoms with Gasteiger partial charge in [-0.25, -0.2) is 0 Å². The number of esters is 1. The predicted octanol–water partition coefficient (Wildman–Crippen LogP) is 1.44. The topological polar surface area (TPSA) is 70.8 Å². The van der Waals surface area contributed by atoms with Crippen LogP contribution in [0.4, 0.5) is 0 Å². The molecule has 102 valence electrons. The van der Waals surface area contributed by atoms with Crippen LogP contribution in [0.15, 0.2) is 0 Å². The first-order chi connectivity index (χ1) is 7.80. The van der Waals surface area contributed by atoms with Gasteiger partial charge in [-0.15, -0.1) is 0 Å². The minimum absolute atomic E-state index is 0.0853. The Morgan fingerprint density at radius 1 is 1.18 bits per heavy atom. The summed E-state index contributed by atoms with van der Waals surface area (Å²) in [6.07, 6.45) is -0.473. The molecule has 0 saturated heterocycles. The Morgan fingerprint density at radius 3 is 2.00 bits per heavy atom. The molecule has 0 aromatic rings. The quantitative estimate of drug-likeness (QED) is 0.544. The van der Waals surface area contributed by atoms with Gasteiger partial charge in [0.2, 0.25) is 0 Å². The predicted molar refractivity (Wildman–Crippen MR) is 65.5 cm³/mol. The van der Waals surface area contributed by atoms with Crippen molar-refractivity contribution in [2.45, 2.75) is 59.0 Å². The van der Waals surface area contributed by atoms with Gasteiger partial charge in [0.1, 0.15) is 5.60 Å². The zero-order valence-electron chi connectivity index (χ0n) is 11.5. The summed E-state index contributed by atoms with van der Waals surface area (Å²) in [7, 11) is 0. The van der Waals surface area contributed by atoms with Crippen molar-refractivity contribution < 1.29 is 19.0 Å². The van der Waals surface area contributed by atoms with Crippen LogP contribution in [0.25, 0.3) is 0 Å². The van der Waals surface area contributed by atoms with Crippen LogP contribution in [-0.4, -0.2) is 37.1 Å². The summed E-state index contributed by atoms with van der Waals surface area (Å²) in [6.45, 7) is 10.1. The lowest BCUT2D eigenvalue weighted by Gasteiger charge is -2.25. The minimum Gasteiger partial charge on any atom is -0.460 e. The fourth-order valence-electron chi connectivity index (χ4n) is 1.30. The summed E-state index contributed by atoms with van der Waals surface area (Å²) < 4.78 is 15.8. The van der Waals surface area contributed by atoms with Crippen molar-refractivity contribution in [1.82, 2.24) is 0 Å². The van der Waals surface area contributed by atoms with E-state index in [1.807, 2.05) is 34.6 Å². The zero-order valence-corrected chi connectivity index (χ0v) is 11.5. The Kier molecular flexibility index (Phi) is 7.34. The largest absolute Gasteiger partial charge is 0.460 e. The number of rotatable bonds is 7.